The van der Waals surface area contributed by atoms with Gasteiger partial charge in [-0.2, -0.15) is 0 Å². The normalized spacial score (nSPS) is 17.7. The number of hydrogen-bond acceptors (Lipinski definition) is 5. The van der Waals surface area contributed by atoms with Gasteiger partial charge < -0.3 is 25.6 Å². The first kappa shape index (κ1) is 14.6. The Morgan fingerprint density at radius 2 is 2.10 bits per heavy atom. The molecular formula is C14H20N2O4. The standard InChI is InChI=1S/C14H20N2O4/c1-16(9-14(19)5-7-20-8-6-14)11-4-2-3-10(12(11)15)13(17)18/h2-4,19H,5-9,15H2,1H3,(H,17,18). The average Bonchev–Trinajstić information content (AvgIpc) is 2.38. The highest BCUT2D eigenvalue weighted by Gasteiger charge is 2.31. The summed E-state index contributed by atoms with van der Waals surface area (Å²) in [5.74, 6) is -1.05. The number of anilines is 2. The number of carboxylic acids is 1. The molecule has 0 aliphatic carbocycles. The number of likely N-dealkylation sites (N-methyl/N-ethyl adjacent to an activating group) is 1. The summed E-state index contributed by atoms with van der Waals surface area (Å²) >= 11 is 0. The number of rotatable bonds is 4. The number of nitrogens with zero attached hydrogens (tertiary/aromatic N) is 1. The third-order valence-corrected chi connectivity index (χ3v) is 3.68. The molecule has 0 atom stereocenters. The molecule has 1 saturated heterocycles. The highest BCUT2D eigenvalue weighted by molar-refractivity contribution is 5.97. The Morgan fingerprint density at radius 1 is 1.45 bits per heavy atom. The van der Waals surface area contributed by atoms with Crippen LogP contribution in [0.3, 0.4) is 0 Å². The summed E-state index contributed by atoms with van der Waals surface area (Å²) in [5, 5.41) is 19.6. The molecule has 0 amide bonds. The topological polar surface area (TPSA) is 96.0 Å². The molecule has 1 aromatic carbocycles. The van der Waals surface area contributed by atoms with E-state index >= 15 is 0 Å². The number of hydrogen-bond donors (Lipinski definition) is 3. The van der Waals surface area contributed by atoms with Crippen LogP contribution in [0.25, 0.3) is 0 Å². The summed E-state index contributed by atoms with van der Waals surface area (Å²) in [7, 11) is 1.80. The van der Waals surface area contributed by atoms with Gasteiger partial charge in [-0.1, -0.05) is 6.07 Å². The van der Waals surface area contributed by atoms with Gasteiger partial charge in [0.2, 0.25) is 0 Å². The van der Waals surface area contributed by atoms with Gasteiger partial charge in [-0.3, -0.25) is 0 Å². The van der Waals surface area contributed by atoms with Gasteiger partial charge in [0.05, 0.1) is 22.5 Å². The van der Waals surface area contributed by atoms with Gasteiger partial charge in [0.25, 0.3) is 0 Å². The van der Waals surface area contributed by atoms with E-state index in [-0.39, 0.29) is 11.3 Å². The molecular weight excluding hydrogens is 260 g/mol. The fraction of sp³-hybridized carbons (Fsp3) is 0.500. The second-order valence-electron chi connectivity index (χ2n) is 5.24. The van der Waals surface area contributed by atoms with Gasteiger partial charge in [0.15, 0.2) is 0 Å². The predicted molar refractivity (Wildman–Crippen MR) is 76.1 cm³/mol. The molecule has 20 heavy (non-hydrogen) atoms. The lowest BCUT2D eigenvalue weighted by atomic mass is 9.93. The van der Waals surface area contributed by atoms with Crippen LogP contribution in [0, 0.1) is 0 Å². The summed E-state index contributed by atoms with van der Waals surface area (Å²) in [5.41, 5.74) is 6.00. The molecule has 0 bridgehead atoms. The Hall–Kier alpha value is -1.79. The van der Waals surface area contributed by atoms with Crippen molar-refractivity contribution in [2.24, 2.45) is 0 Å². The van der Waals surface area contributed by atoms with Gasteiger partial charge >= 0.3 is 5.97 Å². The van der Waals surface area contributed by atoms with Crippen LogP contribution < -0.4 is 10.6 Å². The van der Waals surface area contributed by atoms with Crippen molar-refractivity contribution in [3.05, 3.63) is 23.8 Å². The maximum Gasteiger partial charge on any atom is 0.337 e. The molecule has 6 nitrogen and oxygen atoms in total. The molecule has 0 saturated carbocycles. The number of carboxylic acid groups (broad SMARTS) is 1. The lowest BCUT2D eigenvalue weighted by Crippen LogP contribution is -2.46. The van der Waals surface area contributed by atoms with E-state index < -0.39 is 11.6 Å². The molecule has 4 N–H and O–H groups in total. The van der Waals surface area contributed by atoms with Gasteiger partial charge in [-0.25, -0.2) is 4.79 Å². The number of para-hydroxylation sites is 1. The van der Waals surface area contributed by atoms with Crippen LogP contribution in [0.5, 0.6) is 0 Å². The van der Waals surface area contributed by atoms with Gasteiger partial charge in [-0.05, 0) is 12.1 Å². The van der Waals surface area contributed by atoms with Crippen molar-refractivity contribution in [1.82, 2.24) is 0 Å². The van der Waals surface area contributed by atoms with E-state index in [0.717, 1.165) is 0 Å². The third-order valence-electron chi connectivity index (χ3n) is 3.68. The Balaban J connectivity index is 2.18. The molecule has 0 aromatic heterocycles. The minimum atomic E-state index is -1.05. The van der Waals surface area contributed by atoms with E-state index in [2.05, 4.69) is 0 Å². The first-order chi connectivity index (χ1) is 9.43. The average molecular weight is 280 g/mol. The smallest absolute Gasteiger partial charge is 0.337 e. The number of nitrogens with two attached hydrogens (primary N) is 1. The molecule has 1 heterocycles. The first-order valence-electron chi connectivity index (χ1n) is 6.56. The highest BCUT2D eigenvalue weighted by atomic mass is 16.5. The fourth-order valence-electron chi connectivity index (χ4n) is 2.51. The number of aromatic carboxylic acids is 1. The van der Waals surface area contributed by atoms with Gasteiger partial charge in [-0.15, -0.1) is 0 Å². The third kappa shape index (κ3) is 3.02. The zero-order valence-corrected chi connectivity index (χ0v) is 11.5. The number of nitrogen functional groups attached to an aromatic ring is 1. The molecule has 1 aromatic rings. The van der Waals surface area contributed by atoms with Crippen LogP contribution in [0.2, 0.25) is 0 Å². The van der Waals surface area contributed by atoms with E-state index in [1.807, 2.05) is 0 Å². The minimum Gasteiger partial charge on any atom is -0.478 e. The van der Waals surface area contributed by atoms with E-state index in [0.29, 0.717) is 38.3 Å². The van der Waals surface area contributed by atoms with Crippen LogP contribution in [-0.4, -0.2) is 48.6 Å². The molecule has 0 radical (unpaired) electrons. The van der Waals surface area contributed by atoms with Crippen molar-refractivity contribution in [1.29, 1.82) is 0 Å². The van der Waals surface area contributed by atoms with Crippen LogP contribution in [0.4, 0.5) is 11.4 Å². The second kappa shape index (κ2) is 5.68. The summed E-state index contributed by atoms with van der Waals surface area (Å²) in [4.78, 5) is 12.9. The summed E-state index contributed by atoms with van der Waals surface area (Å²) < 4.78 is 5.25. The summed E-state index contributed by atoms with van der Waals surface area (Å²) in [6, 6.07) is 4.88. The predicted octanol–water partition coefficient (Wildman–Crippen LogP) is 0.945. The van der Waals surface area contributed by atoms with Crippen LogP contribution in [-0.2, 0) is 4.74 Å². The monoisotopic (exact) mass is 280 g/mol. The minimum absolute atomic E-state index is 0.0771. The zero-order chi connectivity index (χ0) is 14.8. The highest BCUT2D eigenvalue weighted by Crippen LogP contribution is 2.29. The van der Waals surface area contributed by atoms with E-state index in [1.165, 1.54) is 6.07 Å². The second-order valence-corrected chi connectivity index (χ2v) is 5.24. The lowest BCUT2D eigenvalue weighted by Gasteiger charge is -2.36. The lowest BCUT2D eigenvalue weighted by molar-refractivity contribution is -0.0572. The van der Waals surface area contributed by atoms with E-state index in [1.54, 1.807) is 24.1 Å². The molecule has 0 spiro atoms. The first-order valence-corrected chi connectivity index (χ1v) is 6.56. The quantitative estimate of drug-likeness (QED) is 0.710. The van der Waals surface area contributed by atoms with E-state index in [9.17, 15) is 9.90 Å². The molecule has 6 heteroatoms. The van der Waals surface area contributed by atoms with E-state index in [4.69, 9.17) is 15.6 Å². The molecule has 1 fully saturated rings. The van der Waals surface area contributed by atoms with Crippen molar-refractivity contribution in [3.63, 3.8) is 0 Å². The van der Waals surface area contributed by atoms with Crippen LogP contribution in [0.1, 0.15) is 23.2 Å². The Bertz CT molecular complexity index is 498. The summed E-state index contributed by atoms with van der Waals surface area (Å²) in [6.07, 6.45) is 1.13. The van der Waals surface area contributed by atoms with Crippen molar-refractivity contribution >= 4 is 17.3 Å². The van der Waals surface area contributed by atoms with Gasteiger partial charge in [0.1, 0.15) is 0 Å². The number of carbonyl (C=O) groups is 1. The van der Waals surface area contributed by atoms with Crippen LogP contribution >= 0.6 is 0 Å². The number of benzene rings is 1. The van der Waals surface area contributed by atoms with Crippen LogP contribution in [0.15, 0.2) is 18.2 Å². The zero-order valence-electron chi connectivity index (χ0n) is 11.5. The molecule has 110 valence electrons. The Kier molecular flexibility index (Phi) is 4.15. The molecule has 1 aliphatic rings. The van der Waals surface area contributed by atoms with Crippen molar-refractivity contribution in [2.45, 2.75) is 18.4 Å². The summed E-state index contributed by atoms with van der Waals surface area (Å²) in [6.45, 7) is 1.47. The molecule has 1 aliphatic heterocycles. The Labute approximate surface area is 117 Å². The van der Waals surface area contributed by atoms with Crippen molar-refractivity contribution in [3.8, 4) is 0 Å². The number of ether oxygens (including phenoxy) is 1. The Morgan fingerprint density at radius 3 is 2.70 bits per heavy atom. The molecule has 2 rings (SSSR count). The fourth-order valence-corrected chi connectivity index (χ4v) is 2.51. The van der Waals surface area contributed by atoms with Crippen molar-refractivity contribution < 1.29 is 19.7 Å². The molecule has 0 unspecified atom stereocenters. The largest absolute Gasteiger partial charge is 0.478 e. The maximum absolute atomic E-state index is 11.1. The van der Waals surface area contributed by atoms with Crippen molar-refractivity contribution in [2.75, 3.05) is 37.4 Å². The maximum atomic E-state index is 11.1. The SMILES string of the molecule is CN(CC1(O)CCOCC1)c1cccc(C(=O)O)c1N. The van der Waals surface area contributed by atoms with Gasteiger partial charge in [0, 0.05) is 39.6 Å². The number of aliphatic hydroxyl groups is 1.